The molecule has 0 unspecified atom stereocenters. The number of fused-ring (bicyclic) bond motifs is 1. The van der Waals surface area contributed by atoms with Gasteiger partial charge in [-0.2, -0.15) is 5.26 Å². The summed E-state index contributed by atoms with van der Waals surface area (Å²) < 4.78 is 15.1. The van der Waals surface area contributed by atoms with Gasteiger partial charge in [0.25, 0.3) is 0 Å². The average molecular weight is 279 g/mol. The summed E-state index contributed by atoms with van der Waals surface area (Å²) in [6.45, 7) is 4.66. The Labute approximate surface area is 122 Å². The van der Waals surface area contributed by atoms with E-state index in [1.807, 2.05) is 19.9 Å². The largest absolute Gasteiger partial charge is 0.338 e. The minimum absolute atomic E-state index is 0.247. The second kappa shape index (κ2) is 5.02. The zero-order valence-corrected chi connectivity index (χ0v) is 11.9. The van der Waals surface area contributed by atoms with Crippen LogP contribution in [0.1, 0.15) is 22.5 Å². The van der Waals surface area contributed by atoms with Gasteiger partial charge in [-0.15, -0.1) is 0 Å². The maximum Gasteiger partial charge on any atom is 0.164 e. The van der Waals surface area contributed by atoms with Crippen LogP contribution in [0.2, 0.25) is 0 Å². The van der Waals surface area contributed by atoms with Crippen molar-refractivity contribution in [3.8, 4) is 6.07 Å². The van der Waals surface area contributed by atoms with Crippen LogP contribution in [0.15, 0.2) is 36.5 Å². The standard InChI is InChI=1S/C17H14FN3/c1-11-12(2)21(10-13-3-5-14(18)6-4-13)17-15(11)7-8-20-16(17)9-19/h3-8H,10H2,1-2H3. The summed E-state index contributed by atoms with van der Waals surface area (Å²) in [5.74, 6) is -0.247. The van der Waals surface area contributed by atoms with E-state index in [9.17, 15) is 9.65 Å². The van der Waals surface area contributed by atoms with Crippen LogP contribution in [0.5, 0.6) is 0 Å². The van der Waals surface area contributed by atoms with Crippen LogP contribution in [0, 0.1) is 31.0 Å². The van der Waals surface area contributed by atoms with Crippen molar-refractivity contribution in [3.63, 3.8) is 0 Å². The highest BCUT2D eigenvalue weighted by Gasteiger charge is 2.15. The number of halogens is 1. The fourth-order valence-corrected chi connectivity index (χ4v) is 2.65. The van der Waals surface area contributed by atoms with Gasteiger partial charge in [0.2, 0.25) is 0 Å². The third kappa shape index (κ3) is 2.17. The summed E-state index contributed by atoms with van der Waals surface area (Å²) in [7, 11) is 0. The van der Waals surface area contributed by atoms with Gasteiger partial charge < -0.3 is 4.57 Å². The molecule has 0 saturated carbocycles. The van der Waals surface area contributed by atoms with E-state index >= 15 is 0 Å². The highest BCUT2D eigenvalue weighted by Crippen LogP contribution is 2.27. The van der Waals surface area contributed by atoms with Crippen LogP contribution in [-0.2, 0) is 6.54 Å². The maximum atomic E-state index is 13.0. The summed E-state index contributed by atoms with van der Waals surface area (Å²) in [6, 6.07) is 10.5. The molecule has 0 aliphatic carbocycles. The van der Waals surface area contributed by atoms with Gasteiger partial charge in [-0.25, -0.2) is 9.37 Å². The average Bonchev–Trinajstić information content (AvgIpc) is 2.75. The third-order valence-electron chi connectivity index (χ3n) is 3.91. The predicted molar refractivity (Wildman–Crippen MR) is 79.4 cm³/mol. The molecular formula is C17H14FN3. The highest BCUT2D eigenvalue weighted by molar-refractivity contribution is 5.88. The van der Waals surface area contributed by atoms with E-state index in [0.717, 1.165) is 27.7 Å². The van der Waals surface area contributed by atoms with Crippen molar-refractivity contribution in [1.82, 2.24) is 9.55 Å². The molecule has 0 spiro atoms. The zero-order valence-electron chi connectivity index (χ0n) is 11.9. The number of benzene rings is 1. The van der Waals surface area contributed by atoms with E-state index in [-0.39, 0.29) is 5.82 Å². The Bertz CT molecular complexity index is 854. The van der Waals surface area contributed by atoms with Crippen LogP contribution < -0.4 is 0 Å². The Morgan fingerprint density at radius 1 is 1.19 bits per heavy atom. The Balaban J connectivity index is 2.20. The van der Waals surface area contributed by atoms with E-state index < -0.39 is 0 Å². The number of pyridine rings is 1. The normalized spacial score (nSPS) is 10.8. The molecule has 104 valence electrons. The van der Waals surface area contributed by atoms with E-state index in [2.05, 4.69) is 15.6 Å². The van der Waals surface area contributed by atoms with Crippen molar-refractivity contribution in [1.29, 1.82) is 5.26 Å². The minimum atomic E-state index is -0.247. The molecule has 3 nitrogen and oxygen atoms in total. The van der Waals surface area contributed by atoms with Crippen molar-refractivity contribution >= 4 is 10.9 Å². The lowest BCUT2D eigenvalue weighted by Crippen LogP contribution is -2.03. The number of nitrogens with zero attached hydrogens (tertiary/aromatic N) is 3. The Morgan fingerprint density at radius 2 is 1.90 bits per heavy atom. The Hall–Kier alpha value is -2.67. The van der Waals surface area contributed by atoms with Gasteiger partial charge in [0, 0.05) is 23.8 Å². The number of rotatable bonds is 2. The first-order chi connectivity index (χ1) is 10.1. The lowest BCUT2D eigenvalue weighted by Gasteiger charge is -2.09. The zero-order chi connectivity index (χ0) is 15.0. The number of hydrogen-bond acceptors (Lipinski definition) is 2. The SMILES string of the molecule is Cc1c(C)n(Cc2ccc(F)cc2)c2c(C#N)nccc12. The minimum Gasteiger partial charge on any atom is -0.338 e. The van der Waals surface area contributed by atoms with Gasteiger partial charge in [0.05, 0.1) is 5.52 Å². The van der Waals surface area contributed by atoms with E-state index in [0.29, 0.717) is 12.2 Å². The molecule has 0 N–H and O–H groups in total. The molecule has 4 heteroatoms. The van der Waals surface area contributed by atoms with E-state index in [4.69, 9.17) is 0 Å². The second-order valence-electron chi connectivity index (χ2n) is 5.09. The van der Waals surface area contributed by atoms with Crippen LogP contribution >= 0.6 is 0 Å². The predicted octanol–water partition coefficient (Wildman–Crippen LogP) is 3.71. The van der Waals surface area contributed by atoms with Gasteiger partial charge in [0.15, 0.2) is 5.69 Å². The number of aryl methyl sites for hydroxylation is 1. The first kappa shape index (κ1) is 13.3. The molecule has 2 aromatic heterocycles. The van der Waals surface area contributed by atoms with Crippen LogP contribution in [0.4, 0.5) is 4.39 Å². The summed E-state index contributed by atoms with van der Waals surface area (Å²) >= 11 is 0. The van der Waals surface area contributed by atoms with Gasteiger partial charge >= 0.3 is 0 Å². The monoisotopic (exact) mass is 279 g/mol. The second-order valence-corrected chi connectivity index (χ2v) is 5.09. The van der Waals surface area contributed by atoms with Crippen molar-refractivity contribution in [2.75, 3.05) is 0 Å². The van der Waals surface area contributed by atoms with Gasteiger partial charge in [0.1, 0.15) is 11.9 Å². The maximum absolute atomic E-state index is 13.0. The molecule has 0 radical (unpaired) electrons. The molecule has 0 aliphatic heterocycles. The molecule has 0 amide bonds. The molecule has 21 heavy (non-hydrogen) atoms. The Kier molecular flexibility index (Phi) is 3.19. The van der Waals surface area contributed by atoms with Crippen LogP contribution in [-0.4, -0.2) is 9.55 Å². The third-order valence-corrected chi connectivity index (χ3v) is 3.91. The van der Waals surface area contributed by atoms with Crippen molar-refractivity contribution in [3.05, 3.63) is 64.9 Å². The summed E-state index contributed by atoms with van der Waals surface area (Å²) in [4.78, 5) is 4.15. The van der Waals surface area contributed by atoms with Gasteiger partial charge in [-0.1, -0.05) is 12.1 Å². The molecular weight excluding hydrogens is 265 g/mol. The molecule has 2 heterocycles. The molecule has 0 atom stereocenters. The van der Waals surface area contributed by atoms with Crippen molar-refractivity contribution in [2.24, 2.45) is 0 Å². The fourth-order valence-electron chi connectivity index (χ4n) is 2.65. The molecule has 1 aromatic carbocycles. The van der Waals surface area contributed by atoms with Gasteiger partial charge in [-0.3, -0.25) is 0 Å². The molecule has 3 aromatic rings. The lowest BCUT2D eigenvalue weighted by atomic mass is 10.2. The van der Waals surface area contributed by atoms with E-state index in [1.54, 1.807) is 18.3 Å². The van der Waals surface area contributed by atoms with Gasteiger partial charge in [-0.05, 0) is 43.2 Å². The first-order valence-corrected chi connectivity index (χ1v) is 6.70. The highest BCUT2D eigenvalue weighted by atomic mass is 19.1. The van der Waals surface area contributed by atoms with Crippen LogP contribution in [0.3, 0.4) is 0 Å². The quantitative estimate of drug-likeness (QED) is 0.717. The lowest BCUT2D eigenvalue weighted by molar-refractivity contribution is 0.626. The fraction of sp³-hybridized carbons (Fsp3) is 0.176. The number of hydrogen-bond donors (Lipinski definition) is 0. The molecule has 3 rings (SSSR count). The summed E-state index contributed by atoms with van der Waals surface area (Å²) in [5.41, 5.74) is 4.50. The molecule has 0 aliphatic rings. The smallest absolute Gasteiger partial charge is 0.164 e. The summed E-state index contributed by atoms with van der Waals surface area (Å²) in [6.07, 6.45) is 1.66. The number of nitriles is 1. The first-order valence-electron chi connectivity index (χ1n) is 6.70. The summed E-state index contributed by atoms with van der Waals surface area (Å²) in [5, 5.41) is 10.3. The molecule has 0 saturated heterocycles. The van der Waals surface area contributed by atoms with Crippen LogP contribution in [0.25, 0.3) is 10.9 Å². The van der Waals surface area contributed by atoms with Crippen molar-refractivity contribution in [2.45, 2.75) is 20.4 Å². The topological polar surface area (TPSA) is 41.6 Å². The Morgan fingerprint density at radius 3 is 2.57 bits per heavy atom. The van der Waals surface area contributed by atoms with E-state index in [1.165, 1.54) is 12.1 Å². The number of aromatic nitrogens is 2. The molecule has 0 fully saturated rings. The molecule has 0 bridgehead atoms. The van der Waals surface area contributed by atoms with Crippen molar-refractivity contribution < 1.29 is 4.39 Å².